The molecule has 2 unspecified atom stereocenters. The van der Waals surface area contributed by atoms with Crippen LogP contribution in [0.4, 0.5) is 21.9 Å². The van der Waals surface area contributed by atoms with Gasteiger partial charge < -0.3 is 30.5 Å². The smallest absolute Gasteiger partial charge is 0.323 e. The van der Waals surface area contributed by atoms with E-state index in [2.05, 4.69) is 27.8 Å². The van der Waals surface area contributed by atoms with E-state index in [0.717, 1.165) is 87.2 Å². The second-order valence-electron chi connectivity index (χ2n) is 12.1. The van der Waals surface area contributed by atoms with Gasteiger partial charge in [0.25, 0.3) is 0 Å². The fourth-order valence-electron chi connectivity index (χ4n) is 6.65. The Morgan fingerprint density at radius 1 is 0.841 bits per heavy atom. The summed E-state index contributed by atoms with van der Waals surface area (Å²) in [5.41, 5.74) is 4.33. The standard InChI is InChI=1S/C34H48N6O4/c1-3-25-11-10-12-26(21-25)35-34(43)36-27-13-14-29-28(22-27)30(23-32(41)38-15-6-4-7-16-38)40(19-20-44-2)31(37-29)24-33(42)39-17-8-5-9-18-39/h10-14,21-22,30-31,37H,3-9,15-20,23-24H2,1-2H3,(H2,35,36,43). The summed E-state index contributed by atoms with van der Waals surface area (Å²) in [6.07, 6.45) is 7.68. The number of piperidine rings is 2. The van der Waals surface area contributed by atoms with E-state index in [9.17, 15) is 14.4 Å². The molecule has 10 heteroatoms. The zero-order valence-corrected chi connectivity index (χ0v) is 26.3. The summed E-state index contributed by atoms with van der Waals surface area (Å²) in [4.78, 5) is 46.3. The number of carbonyl (C=O) groups excluding carboxylic acids is 3. The summed E-state index contributed by atoms with van der Waals surface area (Å²) in [6, 6.07) is 13.0. The van der Waals surface area contributed by atoms with Gasteiger partial charge in [-0.05, 0) is 86.4 Å². The average molecular weight is 605 g/mol. The van der Waals surface area contributed by atoms with Crippen LogP contribution in [-0.4, -0.2) is 85.2 Å². The van der Waals surface area contributed by atoms with Crippen LogP contribution in [0.2, 0.25) is 0 Å². The Bertz CT molecular complexity index is 1290. The third-order valence-electron chi connectivity index (χ3n) is 9.09. The Balaban J connectivity index is 1.40. The number of fused-ring (bicyclic) bond motifs is 1. The topological polar surface area (TPSA) is 106 Å². The molecule has 2 saturated heterocycles. The molecule has 3 heterocycles. The van der Waals surface area contributed by atoms with Crippen LogP contribution in [0.5, 0.6) is 0 Å². The molecule has 0 aromatic heterocycles. The Morgan fingerprint density at radius 3 is 2.11 bits per heavy atom. The van der Waals surface area contributed by atoms with Crippen molar-refractivity contribution < 1.29 is 19.1 Å². The van der Waals surface area contributed by atoms with Crippen LogP contribution < -0.4 is 16.0 Å². The third-order valence-corrected chi connectivity index (χ3v) is 9.09. The fraction of sp³-hybridized carbons (Fsp3) is 0.559. The van der Waals surface area contributed by atoms with Crippen LogP contribution >= 0.6 is 0 Å². The van der Waals surface area contributed by atoms with Gasteiger partial charge in [-0.1, -0.05) is 19.1 Å². The number of likely N-dealkylation sites (tertiary alicyclic amines) is 2. The SMILES string of the molecule is CCc1cccc(NC(=O)Nc2ccc3c(c2)C(CC(=O)N2CCCCC2)N(CCOC)C(CC(=O)N2CCCCC2)N3)c1. The molecule has 0 aliphatic carbocycles. The van der Waals surface area contributed by atoms with Crippen molar-refractivity contribution in [3.8, 4) is 0 Å². The summed E-state index contributed by atoms with van der Waals surface area (Å²) in [5, 5.41) is 9.53. The van der Waals surface area contributed by atoms with Crippen molar-refractivity contribution in [3.63, 3.8) is 0 Å². The largest absolute Gasteiger partial charge is 0.383 e. The monoisotopic (exact) mass is 604 g/mol. The lowest BCUT2D eigenvalue weighted by atomic mass is 9.93. The summed E-state index contributed by atoms with van der Waals surface area (Å²) in [6.45, 7) is 6.28. The van der Waals surface area contributed by atoms with Gasteiger partial charge in [0.15, 0.2) is 0 Å². The lowest BCUT2D eigenvalue weighted by Crippen LogP contribution is -2.52. The van der Waals surface area contributed by atoms with Crippen molar-refractivity contribution in [2.24, 2.45) is 0 Å². The molecule has 3 N–H and O–H groups in total. The van der Waals surface area contributed by atoms with Gasteiger partial charge in [-0.15, -0.1) is 0 Å². The number of rotatable bonds is 10. The molecule has 2 atom stereocenters. The second-order valence-corrected chi connectivity index (χ2v) is 12.1. The lowest BCUT2D eigenvalue weighted by Gasteiger charge is -2.45. The maximum absolute atomic E-state index is 13.7. The minimum atomic E-state index is -0.329. The number of hydrogen-bond acceptors (Lipinski definition) is 6. The molecule has 2 aromatic carbocycles. The number of anilines is 3. The summed E-state index contributed by atoms with van der Waals surface area (Å²) >= 11 is 0. The number of nitrogens with one attached hydrogen (secondary N) is 3. The summed E-state index contributed by atoms with van der Waals surface area (Å²) < 4.78 is 5.50. The molecule has 238 valence electrons. The molecule has 0 saturated carbocycles. The normalized spacial score (nSPS) is 20.4. The number of nitrogens with zero attached hydrogens (tertiary/aromatic N) is 3. The van der Waals surface area contributed by atoms with E-state index in [0.29, 0.717) is 31.7 Å². The van der Waals surface area contributed by atoms with Gasteiger partial charge in [0, 0.05) is 69.4 Å². The van der Waals surface area contributed by atoms with Crippen molar-refractivity contribution in [3.05, 3.63) is 53.6 Å². The number of methoxy groups -OCH3 is 1. The minimum Gasteiger partial charge on any atom is -0.383 e. The van der Waals surface area contributed by atoms with Crippen LogP contribution in [0.1, 0.15) is 75.5 Å². The maximum atomic E-state index is 13.7. The van der Waals surface area contributed by atoms with Crippen molar-refractivity contribution in [1.82, 2.24) is 14.7 Å². The molecular formula is C34H48N6O4. The Morgan fingerprint density at radius 2 is 1.48 bits per heavy atom. The van der Waals surface area contributed by atoms with Crippen molar-refractivity contribution in [2.75, 3.05) is 62.4 Å². The Hall–Kier alpha value is -3.63. The van der Waals surface area contributed by atoms with Gasteiger partial charge in [0.1, 0.15) is 0 Å². The molecule has 4 amide bonds. The molecule has 3 aliphatic heterocycles. The van der Waals surface area contributed by atoms with Crippen molar-refractivity contribution >= 4 is 34.9 Å². The highest BCUT2D eigenvalue weighted by atomic mass is 16.5. The highest BCUT2D eigenvalue weighted by Crippen LogP contribution is 2.40. The zero-order chi connectivity index (χ0) is 30.9. The molecule has 2 fully saturated rings. The van der Waals surface area contributed by atoms with E-state index in [1.807, 2.05) is 52.3 Å². The quantitative estimate of drug-likeness (QED) is 0.334. The van der Waals surface area contributed by atoms with Gasteiger partial charge in [-0.2, -0.15) is 0 Å². The van der Waals surface area contributed by atoms with Gasteiger partial charge >= 0.3 is 6.03 Å². The number of benzene rings is 2. The number of amides is 4. The lowest BCUT2D eigenvalue weighted by molar-refractivity contribution is -0.134. The molecule has 0 radical (unpaired) electrons. The number of ether oxygens (including phenoxy) is 1. The first-order valence-corrected chi connectivity index (χ1v) is 16.3. The van der Waals surface area contributed by atoms with Crippen LogP contribution in [0.3, 0.4) is 0 Å². The predicted octanol–water partition coefficient (Wildman–Crippen LogP) is 5.44. The average Bonchev–Trinajstić information content (AvgIpc) is 3.05. The molecule has 44 heavy (non-hydrogen) atoms. The molecule has 2 aromatic rings. The van der Waals surface area contributed by atoms with Crippen LogP contribution in [0.15, 0.2) is 42.5 Å². The fourth-order valence-corrected chi connectivity index (χ4v) is 6.65. The maximum Gasteiger partial charge on any atom is 0.323 e. The van der Waals surface area contributed by atoms with Crippen LogP contribution in [0.25, 0.3) is 0 Å². The van der Waals surface area contributed by atoms with Gasteiger partial charge in [0.2, 0.25) is 11.8 Å². The molecule has 0 spiro atoms. The zero-order valence-electron chi connectivity index (χ0n) is 26.3. The molecule has 10 nitrogen and oxygen atoms in total. The van der Waals surface area contributed by atoms with E-state index in [1.165, 1.54) is 6.42 Å². The summed E-state index contributed by atoms with van der Waals surface area (Å²) in [7, 11) is 1.67. The van der Waals surface area contributed by atoms with Gasteiger partial charge in [-0.25, -0.2) is 4.79 Å². The highest BCUT2D eigenvalue weighted by Gasteiger charge is 2.38. The Kier molecular flexibility index (Phi) is 11.1. The first kappa shape index (κ1) is 31.8. The minimum absolute atomic E-state index is 0.123. The van der Waals surface area contributed by atoms with E-state index in [4.69, 9.17) is 4.74 Å². The number of carbonyl (C=O) groups is 3. The Labute approximate surface area is 261 Å². The first-order valence-electron chi connectivity index (χ1n) is 16.3. The predicted molar refractivity (Wildman–Crippen MR) is 174 cm³/mol. The van der Waals surface area contributed by atoms with Gasteiger partial charge in [0.05, 0.1) is 19.2 Å². The van der Waals surface area contributed by atoms with Crippen LogP contribution in [-0.2, 0) is 20.7 Å². The van der Waals surface area contributed by atoms with Crippen LogP contribution in [0, 0.1) is 0 Å². The van der Waals surface area contributed by atoms with E-state index in [1.54, 1.807) is 7.11 Å². The number of aryl methyl sites for hydroxylation is 1. The number of urea groups is 1. The highest BCUT2D eigenvalue weighted by molar-refractivity contribution is 6.00. The van der Waals surface area contributed by atoms with E-state index in [-0.39, 0.29) is 30.1 Å². The van der Waals surface area contributed by atoms with Crippen molar-refractivity contribution in [1.29, 1.82) is 0 Å². The third kappa shape index (κ3) is 8.09. The van der Waals surface area contributed by atoms with Crippen molar-refractivity contribution in [2.45, 2.75) is 76.9 Å². The molecule has 0 bridgehead atoms. The molecule has 3 aliphatic rings. The molecular weight excluding hydrogens is 556 g/mol. The first-order chi connectivity index (χ1) is 21.4. The van der Waals surface area contributed by atoms with Gasteiger partial charge in [-0.3, -0.25) is 14.5 Å². The molecule has 5 rings (SSSR count). The second kappa shape index (κ2) is 15.4. The van der Waals surface area contributed by atoms with E-state index >= 15 is 0 Å². The number of hydrogen-bond donors (Lipinski definition) is 3. The van der Waals surface area contributed by atoms with E-state index < -0.39 is 0 Å². The summed E-state index contributed by atoms with van der Waals surface area (Å²) in [5.74, 6) is 0.259.